The van der Waals surface area contributed by atoms with Gasteiger partial charge in [-0.2, -0.15) is 0 Å². The van der Waals surface area contributed by atoms with Crippen molar-refractivity contribution in [1.29, 1.82) is 0 Å². The lowest BCUT2D eigenvalue weighted by Gasteiger charge is -2.30. The Hall–Kier alpha value is -1.69. The summed E-state index contributed by atoms with van der Waals surface area (Å²) >= 11 is 0. The molecule has 112 valence electrons. The molecule has 3 N–H and O–H groups in total. The summed E-state index contributed by atoms with van der Waals surface area (Å²) in [5.74, 6) is -2.43. The van der Waals surface area contributed by atoms with Crippen LogP contribution in [0.25, 0.3) is 0 Å². The highest BCUT2D eigenvalue weighted by Gasteiger charge is 2.25. The van der Waals surface area contributed by atoms with E-state index in [1.807, 2.05) is 13.8 Å². The molecule has 0 aliphatic carbocycles. The number of benzene rings is 1. The molecule has 0 saturated carbocycles. The summed E-state index contributed by atoms with van der Waals surface area (Å²) < 4.78 is 26.9. The Bertz CT molecular complexity index is 476. The summed E-state index contributed by atoms with van der Waals surface area (Å²) in [6.45, 7) is 3.69. The van der Waals surface area contributed by atoms with Crippen molar-refractivity contribution in [3.05, 3.63) is 29.3 Å². The Labute approximate surface area is 117 Å². The predicted octanol–water partition coefficient (Wildman–Crippen LogP) is 2.17. The number of nitrogens with zero attached hydrogens (tertiary/aromatic N) is 1. The van der Waals surface area contributed by atoms with Gasteiger partial charge in [-0.1, -0.05) is 13.8 Å². The monoisotopic (exact) mass is 286 g/mol. The van der Waals surface area contributed by atoms with E-state index in [0.717, 1.165) is 6.07 Å². The number of aliphatic hydroxyl groups is 1. The van der Waals surface area contributed by atoms with Gasteiger partial charge in [0.25, 0.3) is 5.91 Å². The van der Waals surface area contributed by atoms with Gasteiger partial charge in [-0.15, -0.1) is 0 Å². The molecule has 0 atom stereocenters. The Morgan fingerprint density at radius 3 is 2.40 bits per heavy atom. The van der Waals surface area contributed by atoms with Crippen molar-refractivity contribution >= 4 is 11.6 Å². The topological polar surface area (TPSA) is 66.6 Å². The third-order valence-electron chi connectivity index (χ3n) is 3.30. The first-order chi connectivity index (χ1) is 9.46. The number of hydrogen-bond donors (Lipinski definition) is 2. The van der Waals surface area contributed by atoms with E-state index in [2.05, 4.69) is 0 Å². The molecule has 1 amide bonds. The normalized spacial score (nSPS) is 10.9. The molecule has 1 aromatic carbocycles. The smallest absolute Gasteiger partial charge is 0.257 e. The highest BCUT2D eigenvalue weighted by atomic mass is 19.1. The van der Waals surface area contributed by atoms with E-state index >= 15 is 0 Å². The van der Waals surface area contributed by atoms with Crippen LogP contribution in [0.15, 0.2) is 12.1 Å². The zero-order chi connectivity index (χ0) is 15.3. The van der Waals surface area contributed by atoms with E-state index < -0.39 is 17.5 Å². The van der Waals surface area contributed by atoms with Gasteiger partial charge in [0.05, 0.1) is 17.9 Å². The first kappa shape index (κ1) is 16.4. The second kappa shape index (κ2) is 7.19. The van der Waals surface area contributed by atoms with E-state index in [4.69, 9.17) is 10.8 Å². The van der Waals surface area contributed by atoms with Crippen LogP contribution in [0.2, 0.25) is 0 Å². The molecule has 0 heterocycles. The molecule has 0 aliphatic heterocycles. The Morgan fingerprint density at radius 1 is 1.30 bits per heavy atom. The third-order valence-corrected chi connectivity index (χ3v) is 3.30. The van der Waals surface area contributed by atoms with Gasteiger partial charge in [-0.3, -0.25) is 4.79 Å². The lowest BCUT2D eigenvalue weighted by atomic mass is 10.1. The Balaban J connectivity index is 3.15. The van der Waals surface area contributed by atoms with Gasteiger partial charge in [-0.25, -0.2) is 8.78 Å². The maximum atomic E-state index is 13.7. The van der Waals surface area contributed by atoms with Crippen molar-refractivity contribution in [2.45, 2.75) is 32.7 Å². The van der Waals surface area contributed by atoms with Crippen LogP contribution in [0.1, 0.15) is 37.0 Å². The average molecular weight is 286 g/mol. The van der Waals surface area contributed by atoms with Crippen molar-refractivity contribution in [3.63, 3.8) is 0 Å². The van der Waals surface area contributed by atoms with Crippen molar-refractivity contribution in [3.8, 4) is 0 Å². The van der Waals surface area contributed by atoms with E-state index in [9.17, 15) is 13.6 Å². The molecule has 0 saturated heterocycles. The van der Waals surface area contributed by atoms with Gasteiger partial charge < -0.3 is 15.7 Å². The molecule has 20 heavy (non-hydrogen) atoms. The van der Waals surface area contributed by atoms with E-state index in [-0.39, 0.29) is 30.4 Å². The van der Waals surface area contributed by atoms with Crippen LogP contribution in [-0.2, 0) is 0 Å². The van der Waals surface area contributed by atoms with Gasteiger partial charge >= 0.3 is 0 Å². The summed E-state index contributed by atoms with van der Waals surface area (Å²) in [6, 6.07) is 1.49. The highest BCUT2D eigenvalue weighted by Crippen LogP contribution is 2.20. The van der Waals surface area contributed by atoms with Crippen LogP contribution in [-0.4, -0.2) is 35.1 Å². The fraction of sp³-hybridized carbons (Fsp3) is 0.500. The number of anilines is 1. The van der Waals surface area contributed by atoms with Crippen LogP contribution >= 0.6 is 0 Å². The summed E-state index contributed by atoms with van der Waals surface area (Å²) in [7, 11) is 0. The number of halogens is 2. The van der Waals surface area contributed by atoms with Gasteiger partial charge in [0.1, 0.15) is 11.6 Å². The molecule has 0 fully saturated rings. The lowest BCUT2D eigenvalue weighted by molar-refractivity contribution is 0.0617. The van der Waals surface area contributed by atoms with Gasteiger partial charge in [0.15, 0.2) is 0 Å². The zero-order valence-corrected chi connectivity index (χ0v) is 11.7. The molecule has 0 aromatic heterocycles. The summed E-state index contributed by atoms with van der Waals surface area (Å²) in [4.78, 5) is 13.8. The van der Waals surface area contributed by atoms with Crippen molar-refractivity contribution in [1.82, 2.24) is 4.90 Å². The number of nitrogen functional groups attached to an aromatic ring is 1. The van der Waals surface area contributed by atoms with Crippen LogP contribution < -0.4 is 5.73 Å². The van der Waals surface area contributed by atoms with E-state index in [0.29, 0.717) is 18.9 Å². The average Bonchev–Trinajstić information content (AvgIpc) is 2.42. The highest BCUT2D eigenvalue weighted by molar-refractivity contribution is 5.95. The minimum absolute atomic E-state index is 0.0991. The van der Waals surface area contributed by atoms with Crippen molar-refractivity contribution in [2.24, 2.45) is 0 Å². The minimum atomic E-state index is -0.949. The van der Waals surface area contributed by atoms with Crippen LogP contribution in [0.3, 0.4) is 0 Å². The molecule has 1 aromatic rings. The molecule has 0 radical (unpaired) electrons. The first-order valence-electron chi connectivity index (χ1n) is 6.62. The molecule has 1 rings (SSSR count). The minimum Gasteiger partial charge on any atom is -0.396 e. The van der Waals surface area contributed by atoms with Crippen LogP contribution in [0.5, 0.6) is 0 Å². The van der Waals surface area contributed by atoms with Gasteiger partial charge in [0, 0.05) is 18.7 Å². The number of amides is 1. The summed E-state index contributed by atoms with van der Waals surface area (Å²) in [5.41, 5.74) is 4.83. The number of aliphatic hydroxyl groups excluding tert-OH is 1. The number of nitrogens with two attached hydrogens (primary N) is 1. The Morgan fingerprint density at radius 2 is 1.90 bits per heavy atom. The first-order valence-corrected chi connectivity index (χ1v) is 6.62. The SMILES string of the molecule is CCC(CC)N(CCO)C(=O)c1cc(N)c(F)cc1F. The van der Waals surface area contributed by atoms with Crippen LogP contribution in [0.4, 0.5) is 14.5 Å². The second-order valence-corrected chi connectivity index (χ2v) is 4.55. The van der Waals surface area contributed by atoms with E-state index in [1.54, 1.807) is 0 Å². The summed E-state index contributed by atoms with van der Waals surface area (Å²) in [5, 5.41) is 9.07. The quantitative estimate of drug-likeness (QED) is 0.788. The van der Waals surface area contributed by atoms with Crippen molar-refractivity contribution < 1.29 is 18.7 Å². The number of carbonyl (C=O) groups excluding carboxylic acids is 1. The molecule has 0 aliphatic rings. The molecule has 0 bridgehead atoms. The number of carbonyl (C=O) groups is 1. The fourth-order valence-corrected chi connectivity index (χ4v) is 2.17. The largest absolute Gasteiger partial charge is 0.396 e. The molecule has 0 spiro atoms. The standard InChI is InChI=1S/C14H20F2N2O2/c1-3-9(4-2)18(5-6-19)14(20)10-7-13(17)12(16)8-11(10)15/h7-9,19H,3-6,17H2,1-2H3. The zero-order valence-electron chi connectivity index (χ0n) is 11.7. The Kier molecular flexibility index (Phi) is 5.88. The number of hydrogen-bond acceptors (Lipinski definition) is 3. The molecule has 4 nitrogen and oxygen atoms in total. The molecule has 6 heteroatoms. The third kappa shape index (κ3) is 3.45. The van der Waals surface area contributed by atoms with Crippen molar-refractivity contribution in [2.75, 3.05) is 18.9 Å². The molecular formula is C14H20F2N2O2. The maximum Gasteiger partial charge on any atom is 0.257 e. The molecular weight excluding hydrogens is 266 g/mol. The van der Waals surface area contributed by atoms with E-state index in [1.165, 1.54) is 4.90 Å². The second-order valence-electron chi connectivity index (χ2n) is 4.55. The number of rotatable bonds is 6. The van der Waals surface area contributed by atoms with Gasteiger partial charge in [-0.05, 0) is 18.9 Å². The van der Waals surface area contributed by atoms with Crippen LogP contribution in [0, 0.1) is 11.6 Å². The van der Waals surface area contributed by atoms with Gasteiger partial charge in [0.2, 0.25) is 0 Å². The summed E-state index contributed by atoms with van der Waals surface area (Å²) in [6.07, 6.45) is 1.36. The maximum absolute atomic E-state index is 13.7. The fourth-order valence-electron chi connectivity index (χ4n) is 2.17. The predicted molar refractivity (Wildman–Crippen MR) is 73.3 cm³/mol. The molecule has 0 unspecified atom stereocenters. The lowest BCUT2D eigenvalue weighted by Crippen LogP contribution is -2.42.